The van der Waals surface area contributed by atoms with Crippen molar-refractivity contribution in [3.63, 3.8) is 0 Å². The number of aliphatic hydroxyl groups is 1. The Balaban J connectivity index is 2.27. The van der Waals surface area contributed by atoms with Crippen LogP contribution in [0, 0.1) is 5.92 Å². The first-order valence-electron chi connectivity index (χ1n) is 7.25. The Labute approximate surface area is 126 Å². The van der Waals surface area contributed by atoms with Crippen LogP contribution >= 0.6 is 0 Å². The summed E-state index contributed by atoms with van der Waals surface area (Å²) in [5, 5.41) is 10.2. The molecule has 0 radical (unpaired) electrons. The van der Waals surface area contributed by atoms with Crippen molar-refractivity contribution in [3.8, 4) is 17.2 Å². The number of hydrogen-bond donors (Lipinski definition) is 1. The van der Waals surface area contributed by atoms with Crippen LogP contribution < -0.4 is 14.2 Å². The van der Waals surface area contributed by atoms with Gasteiger partial charge in [0.05, 0.1) is 27.4 Å². The van der Waals surface area contributed by atoms with Crippen LogP contribution in [0.1, 0.15) is 12.0 Å². The number of benzene rings is 1. The fraction of sp³-hybridized carbons (Fsp3) is 0.625. The molecule has 1 aliphatic heterocycles. The lowest BCUT2D eigenvalue weighted by Crippen LogP contribution is -2.42. The van der Waals surface area contributed by atoms with Gasteiger partial charge < -0.3 is 24.2 Å². The largest absolute Gasteiger partial charge is 0.493 e. The molecule has 1 heterocycles. The Bertz CT molecular complexity index is 478. The maximum absolute atomic E-state index is 10.2. The van der Waals surface area contributed by atoms with Gasteiger partial charge in [-0.1, -0.05) is 6.07 Å². The fourth-order valence-corrected chi connectivity index (χ4v) is 3.01. The Morgan fingerprint density at radius 2 is 1.86 bits per heavy atom. The van der Waals surface area contributed by atoms with Gasteiger partial charge in [0, 0.05) is 19.0 Å². The minimum atomic E-state index is -0.265. The van der Waals surface area contributed by atoms with Crippen LogP contribution in [0.15, 0.2) is 12.1 Å². The lowest BCUT2D eigenvalue weighted by molar-refractivity contribution is 0.0363. The molecule has 0 amide bonds. The maximum atomic E-state index is 10.2. The lowest BCUT2D eigenvalue weighted by Gasteiger charge is -2.34. The predicted octanol–water partition coefficient (Wildman–Crippen LogP) is 1.57. The summed E-state index contributed by atoms with van der Waals surface area (Å²) in [6, 6.07) is 3.87. The minimum absolute atomic E-state index is 0.204. The topological polar surface area (TPSA) is 51.2 Å². The predicted molar refractivity (Wildman–Crippen MR) is 81.4 cm³/mol. The normalized spacial score (nSPS) is 22.9. The molecule has 0 saturated carbocycles. The van der Waals surface area contributed by atoms with E-state index in [2.05, 4.69) is 11.9 Å². The van der Waals surface area contributed by atoms with Gasteiger partial charge in [-0.3, -0.25) is 0 Å². The second-order valence-corrected chi connectivity index (χ2v) is 5.58. The Morgan fingerprint density at radius 3 is 2.48 bits per heavy atom. The molecule has 1 N–H and O–H groups in total. The molecule has 1 fully saturated rings. The molecule has 1 saturated heterocycles. The van der Waals surface area contributed by atoms with Crippen LogP contribution in [-0.2, 0) is 6.42 Å². The van der Waals surface area contributed by atoms with E-state index in [1.807, 2.05) is 12.1 Å². The number of methoxy groups -OCH3 is 3. The molecule has 2 rings (SSSR count). The lowest BCUT2D eigenvalue weighted by atomic mass is 9.88. The zero-order valence-corrected chi connectivity index (χ0v) is 13.3. The molecular weight excluding hydrogens is 270 g/mol. The van der Waals surface area contributed by atoms with Crippen molar-refractivity contribution in [1.82, 2.24) is 4.90 Å². The zero-order valence-electron chi connectivity index (χ0n) is 13.3. The number of aliphatic hydroxyl groups excluding tert-OH is 1. The average Bonchev–Trinajstić information content (AvgIpc) is 2.50. The minimum Gasteiger partial charge on any atom is -0.493 e. The molecule has 5 heteroatoms. The standard InChI is InChI=1S/C16H25NO4/c1-17-8-7-13(18)12(10-17)9-11-5-6-14(19-2)16(21-4)15(11)20-3/h5-6,12-13,18H,7-10H2,1-4H3. The highest BCUT2D eigenvalue weighted by Gasteiger charge is 2.28. The molecule has 0 aromatic heterocycles. The molecule has 5 nitrogen and oxygen atoms in total. The molecule has 0 spiro atoms. The van der Waals surface area contributed by atoms with Crippen molar-refractivity contribution in [2.45, 2.75) is 18.9 Å². The quantitative estimate of drug-likeness (QED) is 0.893. The molecule has 1 aromatic rings. The van der Waals surface area contributed by atoms with Gasteiger partial charge in [-0.15, -0.1) is 0 Å². The molecule has 2 atom stereocenters. The van der Waals surface area contributed by atoms with Crippen molar-refractivity contribution in [2.24, 2.45) is 5.92 Å². The summed E-state index contributed by atoms with van der Waals surface area (Å²) in [4.78, 5) is 2.25. The summed E-state index contributed by atoms with van der Waals surface area (Å²) in [6.45, 7) is 1.83. The summed E-state index contributed by atoms with van der Waals surface area (Å²) < 4.78 is 16.2. The highest BCUT2D eigenvalue weighted by atomic mass is 16.5. The summed E-state index contributed by atoms with van der Waals surface area (Å²) in [6.07, 6.45) is 1.31. The third-order valence-electron chi connectivity index (χ3n) is 4.16. The van der Waals surface area contributed by atoms with Gasteiger partial charge in [0.1, 0.15) is 0 Å². The second-order valence-electron chi connectivity index (χ2n) is 5.58. The number of nitrogens with zero attached hydrogens (tertiary/aromatic N) is 1. The summed E-state index contributed by atoms with van der Waals surface area (Å²) in [5.74, 6) is 2.16. The third kappa shape index (κ3) is 3.41. The summed E-state index contributed by atoms with van der Waals surface area (Å²) in [5.41, 5.74) is 1.04. The number of likely N-dealkylation sites (tertiary alicyclic amines) is 1. The molecule has 1 aliphatic rings. The SMILES string of the molecule is COc1ccc(CC2CN(C)CCC2O)c(OC)c1OC. The van der Waals surface area contributed by atoms with Gasteiger partial charge in [0.15, 0.2) is 11.5 Å². The Kier molecular flexibility index (Phi) is 5.31. The van der Waals surface area contributed by atoms with E-state index < -0.39 is 0 Å². The van der Waals surface area contributed by atoms with Crippen molar-refractivity contribution < 1.29 is 19.3 Å². The highest BCUT2D eigenvalue weighted by Crippen LogP contribution is 2.41. The van der Waals surface area contributed by atoms with E-state index in [1.165, 1.54) is 0 Å². The van der Waals surface area contributed by atoms with Crippen LogP contribution in [0.2, 0.25) is 0 Å². The molecule has 21 heavy (non-hydrogen) atoms. The highest BCUT2D eigenvalue weighted by molar-refractivity contribution is 5.55. The van der Waals surface area contributed by atoms with E-state index in [9.17, 15) is 5.11 Å². The number of piperidine rings is 1. The maximum Gasteiger partial charge on any atom is 0.203 e. The first-order chi connectivity index (χ1) is 10.1. The van der Waals surface area contributed by atoms with Crippen LogP contribution in [0.3, 0.4) is 0 Å². The smallest absolute Gasteiger partial charge is 0.203 e. The van der Waals surface area contributed by atoms with Crippen LogP contribution in [0.4, 0.5) is 0 Å². The molecule has 0 bridgehead atoms. The van der Waals surface area contributed by atoms with E-state index in [0.29, 0.717) is 17.2 Å². The molecule has 2 unspecified atom stereocenters. The van der Waals surface area contributed by atoms with Crippen molar-refractivity contribution in [3.05, 3.63) is 17.7 Å². The van der Waals surface area contributed by atoms with Gasteiger partial charge in [-0.25, -0.2) is 0 Å². The van der Waals surface area contributed by atoms with E-state index in [0.717, 1.165) is 31.5 Å². The molecule has 118 valence electrons. The average molecular weight is 295 g/mol. The van der Waals surface area contributed by atoms with Crippen molar-refractivity contribution in [2.75, 3.05) is 41.5 Å². The number of ether oxygens (including phenoxy) is 3. The van der Waals surface area contributed by atoms with E-state index >= 15 is 0 Å². The first-order valence-corrected chi connectivity index (χ1v) is 7.25. The fourth-order valence-electron chi connectivity index (χ4n) is 3.01. The van der Waals surface area contributed by atoms with Gasteiger partial charge in [-0.05, 0) is 31.5 Å². The number of rotatable bonds is 5. The molecular formula is C16H25NO4. The van der Waals surface area contributed by atoms with Crippen molar-refractivity contribution >= 4 is 0 Å². The van der Waals surface area contributed by atoms with E-state index in [1.54, 1.807) is 21.3 Å². The van der Waals surface area contributed by atoms with E-state index in [4.69, 9.17) is 14.2 Å². The van der Waals surface area contributed by atoms with Crippen molar-refractivity contribution in [1.29, 1.82) is 0 Å². The Hall–Kier alpha value is -1.46. The second kappa shape index (κ2) is 7.00. The first kappa shape index (κ1) is 15.9. The Morgan fingerprint density at radius 1 is 1.14 bits per heavy atom. The molecule has 1 aromatic carbocycles. The van der Waals surface area contributed by atoms with Crippen LogP contribution in [0.5, 0.6) is 17.2 Å². The summed E-state index contributed by atoms with van der Waals surface area (Å²) in [7, 11) is 6.93. The van der Waals surface area contributed by atoms with Gasteiger partial charge >= 0.3 is 0 Å². The third-order valence-corrected chi connectivity index (χ3v) is 4.16. The number of hydrogen-bond acceptors (Lipinski definition) is 5. The van der Waals surface area contributed by atoms with Crippen LogP contribution in [-0.4, -0.2) is 57.6 Å². The van der Waals surface area contributed by atoms with Crippen LogP contribution in [0.25, 0.3) is 0 Å². The van der Waals surface area contributed by atoms with E-state index in [-0.39, 0.29) is 12.0 Å². The van der Waals surface area contributed by atoms with Gasteiger partial charge in [0.25, 0.3) is 0 Å². The van der Waals surface area contributed by atoms with Gasteiger partial charge in [-0.2, -0.15) is 0 Å². The molecule has 0 aliphatic carbocycles. The zero-order chi connectivity index (χ0) is 15.4. The van der Waals surface area contributed by atoms with Gasteiger partial charge in [0.2, 0.25) is 5.75 Å². The monoisotopic (exact) mass is 295 g/mol. The summed E-state index contributed by atoms with van der Waals surface area (Å²) >= 11 is 0.